The number of carboxylic acid groups (broad SMARTS) is 1. The number of aryl methyl sites for hydroxylation is 1. The zero-order chi connectivity index (χ0) is 16.9. The Hall–Kier alpha value is -2.34. The molecule has 1 fully saturated rings. The third kappa shape index (κ3) is 4.14. The number of ether oxygens (including phenoxy) is 1. The van der Waals surface area contributed by atoms with Gasteiger partial charge in [-0.15, -0.1) is 0 Å². The second-order valence-electron chi connectivity index (χ2n) is 6.25. The van der Waals surface area contributed by atoms with Crippen LogP contribution in [-0.4, -0.2) is 40.7 Å². The van der Waals surface area contributed by atoms with E-state index in [-0.39, 0.29) is 5.69 Å². The molecule has 24 heavy (non-hydrogen) atoms. The molecule has 0 spiro atoms. The van der Waals surface area contributed by atoms with Gasteiger partial charge in [-0.1, -0.05) is 18.2 Å². The van der Waals surface area contributed by atoms with Crippen LogP contribution in [0.2, 0.25) is 0 Å². The van der Waals surface area contributed by atoms with Crippen LogP contribution < -0.4 is 4.74 Å². The van der Waals surface area contributed by atoms with Crippen LogP contribution in [0.3, 0.4) is 0 Å². The summed E-state index contributed by atoms with van der Waals surface area (Å²) in [5.41, 5.74) is 1.10. The van der Waals surface area contributed by atoms with Gasteiger partial charge >= 0.3 is 5.97 Å². The quantitative estimate of drug-likeness (QED) is 0.877. The Labute approximate surface area is 141 Å². The summed E-state index contributed by atoms with van der Waals surface area (Å²) < 4.78 is 11.2. The van der Waals surface area contributed by atoms with E-state index in [1.165, 1.54) is 6.26 Å². The maximum Gasteiger partial charge on any atom is 0.357 e. The molecule has 1 aliphatic rings. The molecule has 1 aromatic carbocycles. The molecule has 0 radical (unpaired) electrons. The van der Waals surface area contributed by atoms with E-state index in [0.29, 0.717) is 25.0 Å². The van der Waals surface area contributed by atoms with Gasteiger partial charge in [0, 0.05) is 12.5 Å². The van der Waals surface area contributed by atoms with Gasteiger partial charge in [-0.3, -0.25) is 4.90 Å². The van der Waals surface area contributed by atoms with Crippen LogP contribution in [0.1, 0.15) is 34.8 Å². The number of benzene rings is 1. The fraction of sp³-hybridized carbons (Fsp3) is 0.444. The number of hydrogen-bond acceptors (Lipinski definition) is 5. The monoisotopic (exact) mass is 330 g/mol. The lowest BCUT2D eigenvalue weighted by Gasteiger charge is -2.31. The molecule has 128 valence electrons. The van der Waals surface area contributed by atoms with Crippen molar-refractivity contribution in [3.63, 3.8) is 0 Å². The first-order valence-electron chi connectivity index (χ1n) is 8.20. The highest BCUT2D eigenvalue weighted by Crippen LogP contribution is 2.22. The lowest BCUT2D eigenvalue weighted by atomic mass is 9.99. The summed E-state index contributed by atoms with van der Waals surface area (Å²) in [4.78, 5) is 17.1. The number of carbonyl (C=O) groups is 1. The van der Waals surface area contributed by atoms with E-state index < -0.39 is 5.97 Å². The topological polar surface area (TPSA) is 75.8 Å². The highest BCUT2D eigenvalue weighted by Gasteiger charge is 2.22. The minimum atomic E-state index is -1.06. The summed E-state index contributed by atoms with van der Waals surface area (Å²) in [6.07, 6.45) is 3.42. The van der Waals surface area contributed by atoms with Crippen molar-refractivity contribution in [1.29, 1.82) is 0 Å². The summed E-state index contributed by atoms with van der Waals surface area (Å²) in [5.74, 6) is 0.779. The van der Waals surface area contributed by atoms with Crippen molar-refractivity contribution in [2.45, 2.75) is 26.3 Å². The van der Waals surface area contributed by atoms with Gasteiger partial charge in [-0.25, -0.2) is 9.78 Å². The second kappa shape index (κ2) is 7.49. The molecule has 1 aromatic heterocycles. The Balaban J connectivity index is 1.52. The van der Waals surface area contributed by atoms with Crippen LogP contribution in [0.25, 0.3) is 0 Å². The summed E-state index contributed by atoms with van der Waals surface area (Å²) in [6.45, 7) is 5.13. The van der Waals surface area contributed by atoms with Gasteiger partial charge in [0.25, 0.3) is 0 Å². The van der Waals surface area contributed by atoms with Gasteiger partial charge in [0.1, 0.15) is 12.0 Å². The fourth-order valence-electron chi connectivity index (χ4n) is 3.03. The summed E-state index contributed by atoms with van der Waals surface area (Å²) in [7, 11) is 0. The Morgan fingerprint density at radius 3 is 3.04 bits per heavy atom. The number of oxazole rings is 1. The minimum absolute atomic E-state index is 0.0403. The van der Waals surface area contributed by atoms with Crippen molar-refractivity contribution in [2.24, 2.45) is 5.92 Å². The zero-order valence-electron chi connectivity index (χ0n) is 13.8. The molecule has 0 amide bonds. The van der Waals surface area contributed by atoms with Crippen LogP contribution in [0.5, 0.6) is 5.75 Å². The molecule has 0 bridgehead atoms. The standard InChI is InChI=1S/C18H22N2O4/c1-13-5-2-3-7-16(13)23-11-14-6-4-8-20(9-14)10-17-19-15(12-24-17)18(21)22/h2-3,5,7,12,14H,4,6,8-11H2,1H3,(H,21,22). The average molecular weight is 330 g/mol. The predicted molar refractivity (Wildman–Crippen MR) is 88.1 cm³/mol. The number of likely N-dealkylation sites (tertiary alicyclic amines) is 1. The molecule has 1 N–H and O–H groups in total. The van der Waals surface area contributed by atoms with Gasteiger partial charge in [0.2, 0.25) is 5.89 Å². The van der Waals surface area contributed by atoms with Gasteiger partial charge < -0.3 is 14.3 Å². The van der Waals surface area contributed by atoms with E-state index in [9.17, 15) is 4.79 Å². The van der Waals surface area contributed by atoms with Gasteiger partial charge in [-0.2, -0.15) is 0 Å². The molecule has 6 heteroatoms. The number of piperidine rings is 1. The smallest absolute Gasteiger partial charge is 0.357 e. The Morgan fingerprint density at radius 1 is 1.46 bits per heavy atom. The van der Waals surface area contributed by atoms with Gasteiger partial charge in [0.15, 0.2) is 5.69 Å². The molecule has 6 nitrogen and oxygen atoms in total. The first-order chi connectivity index (χ1) is 11.6. The number of para-hydroxylation sites is 1. The Bertz CT molecular complexity index is 698. The molecular formula is C18H22N2O4. The third-order valence-corrected chi connectivity index (χ3v) is 4.30. The molecule has 2 heterocycles. The van der Waals surface area contributed by atoms with Crippen LogP contribution in [0, 0.1) is 12.8 Å². The lowest BCUT2D eigenvalue weighted by molar-refractivity contribution is 0.0690. The van der Waals surface area contributed by atoms with Crippen LogP contribution >= 0.6 is 0 Å². The number of rotatable bonds is 6. The highest BCUT2D eigenvalue weighted by atomic mass is 16.5. The summed E-state index contributed by atoms with van der Waals surface area (Å²) >= 11 is 0. The van der Waals surface area contributed by atoms with E-state index in [0.717, 1.165) is 37.2 Å². The zero-order valence-corrected chi connectivity index (χ0v) is 13.8. The highest BCUT2D eigenvalue weighted by molar-refractivity contribution is 5.84. The normalized spacial score (nSPS) is 18.5. The maximum atomic E-state index is 10.9. The van der Waals surface area contributed by atoms with Gasteiger partial charge in [-0.05, 0) is 37.9 Å². The van der Waals surface area contributed by atoms with E-state index >= 15 is 0 Å². The Morgan fingerprint density at radius 2 is 2.29 bits per heavy atom. The molecule has 1 atom stereocenters. The molecule has 1 unspecified atom stereocenters. The molecule has 1 saturated heterocycles. The molecule has 0 saturated carbocycles. The van der Waals surface area contributed by atoms with Crippen molar-refractivity contribution in [3.8, 4) is 5.75 Å². The molecule has 2 aromatic rings. The molecule has 3 rings (SSSR count). The van der Waals surface area contributed by atoms with Crippen LogP contribution in [-0.2, 0) is 6.54 Å². The molecular weight excluding hydrogens is 308 g/mol. The van der Waals surface area contributed by atoms with Crippen molar-refractivity contribution >= 4 is 5.97 Å². The minimum Gasteiger partial charge on any atom is -0.493 e. The average Bonchev–Trinajstić information content (AvgIpc) is 3.03. The lowest BCUT2D eigenvalue weighted by Crippen LogP contribution is -2.37. The number of aromatic nitrogens is 1. The van der Waals surface area contributed by atoms with E-state index in [1.54, 1.807) is 0 Å². The van der Waals surface area contributed by atoms with Crippen molar-refractivity contribution in [2.75, 3.05) is 19.7 Å². The van der Waals surface area contributed by atoms with Crippen molar-refractivity contribution < 1.29 is 19.1 Å². The first kappa shape index (κ1) is 16.5. The Kier molecular flexibility index (Phi) is 5.15. The number of aromatic carboxylic acids is 1. The maximum absolute atomic E-state index is 10.9. The summed E-state index contributed by atoms with van der Waals surface area (Å²) in [5, 5.41) is 8.89. The largest absolute Gasteiger partial charge is 0.493 e. The number of nitrogens with zero attached hydrogens (tertiary/aromatic N) is 2. The number of hydrogen-bond donors (Lipinski definition) is 1. The van der Waals surface area contributed by atoms with E-state index in [1.807, 2.05) is 31.2 Å². The third-order valence-electron chi connectivity index (χ3n) is 4.30. The van der Waals surface area contributed by atoms with E-state index in [2.05, 4.69) is 9.88 Å². The van der Waals surface area contributed by atoms with Crippen LogP contribution in [0.4, 0.5) is 0 Å². The first-order valence-corrected chi connectivity index (χ1v) is 8.20. The SMILES string of the molecule is Cc1ccccc1OCC1CCCN(Cc2nc(C(=O)O)co2)C1. The molecule has 1 aliphatic heterocycles. The number of carboxylic acids is 1. The fourth-order valence-corrected chi connectivity index (χ4v) is 3.03. The van der Waals surface area contributed by atoms with Crippen molar-refractivity contribution in [3.05, 3.63) is 47.7 Å². The van der Waals surface area contributed by atoms with Crippen molar-refractivity contribution in [1.82, 2.24) is 9.88 Å². The van der Waals surface area contributed by atoms with Crippen LogP contribution in [0.15, 0.2) is 34.9 Å². The van der Waals surface area contributed by atoms with Gasteiger partial charge in [0.05, 0.1) is 13.2 Å². The van der Waals surface area contributed by atoms with E-state index in [4.69, 9.17) is 14.3 Å². The second-order valence-corrected chi connectivity index (χ2v) is 6.25. The molecule has 0 aliphatic carbocycles. The summed E-state index contributed by atoms with van der Waals surface area (Å²) in [6, 6.07) is 8.03. The predicted octanol–water partition coefficient (Wildman–Crippen LogP) is 2.97.